The zero-order valence-corrected chi connectivity index (χ0v) is 14.9. The van der Waals surface area contributed by atoms with Crippen LogP contribution in [-0.4, -0.2) is 50.0 Å². The number of urea groups is 1. The molecule has 2 amide bonds. The molecule has 0 unspecified atom stereocenters. The summed E-state index contributed by atoms with van der Waals surface area (Å²) in [6.07, 6.45) is 0.359. The molecule has 25 heavy (non-hydrogen) atoms. The highest BCUT2D eigenvalue weighted by molar-refractivity contribution is 7.91. The van der Waals surface area contributed by atoms with Crippen molar-refractivity contribution in [1.82, 2.24) is 10.2 Å². The molecule has 2 atom stereocenters. The standard InChI is InChI=1S/C17H20N2O5S/c1-11-14(16(20)24-2)15(12-6-4-3-5-7-12)18-17(21)19(11)13-8-9-25(22,23)10-13/h3-7,13,15H,8-10H2,1-2H3,(H,18,21)/t13-,15+/m1/s1. The van der Waals surface area contributed by atoms with Crippen LogP contribution in [0.2, 0.25) is 0 Å². The number of hydrogen-bond donors (Lipinski definition) is 1. The van der Waals surface area contributed by atoms with Crippen LogP contribution in [0.3, 0.4) is 0 Å². The number of nitrogens with one attached hydrogen (secondary N) is 1. The van der Waals surface area contributed by atoms with Gasteiger partial charge >= 0.3 is 12.0 Å². The van der Waals surface area contributed by atoms with Crippen molar-refractivity contribution in [3.05, 3.63) is 47.2 Å². The van der Waals surface area contributed by atoms with Crippen LogP contribution < -0.4 is 5.32 Å². The first-order valence-corrected chi connectivity index (χ1v) is 9.80. The summed E-state index contributed by atoms with van der Waals surface area (Å²) in [7, 11) is -1.88. The average molecular weight is 364 g/mol. The fourth-order valence-corrected chi connectivity index (χ4v) is 5.15. The zero-order valence-electron chi connectivity index (χ0n) is 14.1. The molecule has 0 saturated carbocycles. The van der Waals surface area contributed by atoms with Gasteiger partial charge in [0.25, 0.3) is 0 Å². The molecule has 0 spiro atoms. The number of amides is 2. The van der Waals surface area contributed by atoms with Crippen molar-refractivity contribution < 1.29 is 22.7 Å². The second kappa shape index (κ2) is 6.51. The van der Waals surface area contributed by atoms with E-state index in [4.69, 9.17) is 4.74 Å². The van der Waals surface area contributed by atoms with Crippen LogP contribution in [0.5, 0.6) is 0 Å². The van der Waals surface area contributed by atoms with Gasteiger partial charge in [-0.05, 0) is 18.9 Å². The van der Waals surface area contributed by atoms with Crippen LogP contribution >= 0.6 is 0 Å². The molecular weight excluding hydrogens is 344 g/mol. The number of nitrogens with zero attached hydrogens (tertiary/aromatic N) is 1. The smallest absolute Gasteiger partial charge is 0.337 e. The molecule has 1 saturated heterocycles. The summed E-state index contributed by atoms with van der Waals surface area (Å²) in [5.41, 5.74) is 1.51. The lowest BCUT2D eigenvalue weighted by molar-refractivity contribution is -0.136. The van der Waals surface area contributed by atoms with Crippen LogP contribution in [0.1, 0.15) is 24.9 Å². The van der Waals surface area contributed by atoms with Crippen LogP contribution in [0.4, 0.5) is 4.79 Å². The highest BCUT2D eigenvalue weighted by atomic mass is 32.2. The Morgan fingerprint density at radius 3 is 2.52 bits per heavy atom. The first-order valence-electron chi connectivity index (χ1n) is 7.98. The van der Waals surface area contributed by atoms with Crippen molar-refractivity contribution in [2.75, 3.05) is 18.6 Å². The van der Waals surface area contributed by atoms with Gasteiger partial charge < -0.3 is 10.1 Å². The molecule has 1 fully saturated rings. The van der Waals surface area contributed by atoms with Crippen molar-refractivity contribution in [1.29, 1.82) is 0 Å². The van der Waals surface area contributed by atoms with Crippen LogP contribution in [0.25, 0.3) is 0 Å². The van der Waals surface area contributed by atoms with Gasteiger partial charge in [-0.2, -0.15) is 0 Å². The summed E-state index contributed by atoms with van der Waals surface area (Å²) in [5, 5.41) is 2.82. The number of allylic oxidation sites excluding steroid dienone is 1. The fourth-order valence-electron chi connectivity index (χ4n) is 3.45. The van der Waals surface area contributed by atoms with Gasteiger partial charge in [-0.15, -0.1) is 0 Å². The molecule has 2 aliphatic rings. The molecule has 1 aromatic rings. The van der Waals surface area contributed by atoms with Gasteiger partial charge in [0.15, 0.2) is 9.84 Å². The maximum atomic E-state index is 12.7. The summed E-state index contributed by atoms with van der Waals surface area (Å²) in [6.45, 7) is 1.66. The number of hydrogen-bond acceptors (Lipinski definition) is 5. The Morgan fingerprint density at radius 2 is 1.96 bits per heavy atom. The topological polar surface area (TPSA) is 92.8 Å². The van der Waals surface area contributed by atoms with E-state index in [9.17, 15) is 18.0 Å². The van der Waals surface area contributed by atoms with Crippen molar-refractivity contribution in [2.24, 2.45) is 0 Å². The van der Waals surface area contributed by atoms with Crippen LogP contribution in [-0.2, 0) is 19.4 Å². The molecule has 1 aromatic carbocycles. The monoisotopic (exact) mass is 364 g/mol. The lowest BCUT2D eigenvalue weighted by atomic mass is 9.94. The van der Waals surface area contributed by atoms with E-state index in [0.29, 0.717) is 17.7 Å². The first-order chi connectivity index (χ1) is 11.8. The maximum Gasteiger partial charge on any atom is 0.337 e. The lowest BCUT2D eigenvalue weighted by Crippen LogP contribution is -2.52. The molecule has 3 rings (SSSR count). The van der Waals surface area contributed by atoms with Crippen LogP contribution in [0.15, 0.2) is 41.6 Å². The molecule has 0 aliphatic carbocycles. The van der Waals surface area contributed by atoms with E-state index in [0.717, 1.165) is 5.56 Å². The summed E-state index contributed by atoms with van der Waals surface area (Å²) < 4.78 is 28.5. The number of carbonyl (C=O) groups is 2. The molecule has 2 heterocycles. The van der Waals surface area contributed by atoms with E-state index in [2.05, 4.69) is 5.32 Å². The van der Waals surface area contributed by atoms with E-state index in [1.54, 1.807) is 6.92 Å². The third kappa shape index (κ3) is 3.26. The second-order valence-electron chi connectivity index (χ2n) is 6.21. The normalized spacial score (nSPS) is 25.7. The van der Waals surface area contributed by atoms with Crippen LogP contribution in [0, 0.1) is 0 Å². The van der Waals surface area contributed by atoms with E-state index >= 15 is 0 Å². The Hall–Kier alpha value is -2.35. The lowest BCUT2D eigenvalue weighted by Gasteiger charge is -2.38. The van der Waals surface area contributed by atoms with Crippen molar-refractivity contribution in [3.8, 4) is 0 Å². The summed E-state index contributed by atoms with van der Waals surface area (Å²) >= 11 is 0. The number of carbonyl (C=O) groups excluding carboxylic acids is 2. The van der Waals surface area contributed by atoms with E-state index in [1.807, 2.05) is 30.3 Å². The summed E-state index contributed by atoms with van der Waals surface area (Å²) in [4.78, 5) is 26.4. The average Bonchev–Trinajstić information content (AvgIpc) is 2.94. The summed E-state index contributed by atoms with van der Waals surface area (Å²) in [5.74, 6) is -0.593. The molecule has 8 heteroatoms. The molecule has 0 bridgehead atoms. The molecule has 134 valence electrons. The minimum absolute atomic E-state index is 0.0460. The van der Waals surface area contributed by atoms with Crippen molar-refractivity contribution in [3.63, 3.8) is 0 Å². The minimum atomic E-state index is -3.16. The van der Waals surface area contributed by atoms with Gasteiger partial charge in [0.2, 0.25) is 0 Å². The molecule has 1 N–H and O–H groups in total. The number of benzene rings is 1. The first kappa shape index (κ1) is 17.5. The maximum absolute atomic E-state index is 12.7. The molecule has 7 nitrogen and oxygen atoms in total. The van der Waals surface area contributed by atoms with Gasteiger partial charge in [0, 0.05) is 5.70 Å². The van der Waals surface area contributed by atoms with Gasteiger partial charge in [-0.25, -0.2) is 18.0 Å². The quantitative estimate of drug-likeness (QED) is 0.818. The number of sulfone groups is 1. The second-order valence-corrected chi connectivity index (χ2v) is 8.44. The third-order valence-electron chi connectivity index (χ3n) is 4.64. The molecule has 0 radical (unpaired) electrons. The fraction of sp³-hybridized carbons (Fsp3) is 0.412. The Kier molecular flexibility index (Phi) is 4.55. The predicted octanol–water partition coefficient (Wildman–Crippen LogP) is 1.39. The van der Waals surface area contributed by atoms with E-state index in [1.165, 1.54) is 12.0 Å². The predicted molar refractivity (Wildman–Crippen MR) is 91.3 cm³/mol. The Morgan fingerprint density at radius 1 is 1.28 bits per heavy atom. The summed E-state index contributed by atoms with van der Waals surface area (Å²) in [6, 6.07) is 7.62. The number of methoxy groups -OCH3 is 1. The number of esters is 1. The van der Waals surface area contributed by atoms with Crippen molar-refractivity contribution in [2.45, 2.75) is 25.4 Å². The zero-order chi connectivity index (χ0) is 18.2. The Labute approximate surface area is 146 Å². The Bertz CT molecular complexity index is 832. The minimum Gasteiger partial charge on any atom is -0.466 e. The highest BCUT2D eigenvalue weighted by Crippen LogP contribution is 2.34. The largest absolute Gasteiger partial charge is 0.466 e. The van der Waals surface area contributed by atoms with Gasteiger partial charge in [-0.3, -0.25) is 4.90 Å². The highest BCUT2D eigenvalue weighted by Gasteiger charge is 2.42. The van der Waals surface area contributed by atoms with E-state index in [-0.39, 0.29) is 11.5 Å². The molecular formula is C17H20N2O5S. The molecule has 2 aliphatic heterocycles. The Balaban J connectivity index is 2.05. The van der Waals surface area contributed by atoms with Gasteiger partial charge in [0.1, 0.15) is 0 Å². The van der Waals surface area contributed by atoms with Gasteiger partial charge in [0.05, 0.1) is 36.3 Å². The third-order valence-corrected chi connectivity index (χ3v) is 6.39. The van der Waals surface area contributed by atoms with Gasteiger partial charge in [-0.1, -0.05) is 30.3 Å². The number of ether oxygens (including phenoxy) is 1. The molecule has 0 aromatic heterocycles. The van der Waals surface area contributed by atoms with E-state index < -0.39 is 33.9 Å². The van der Waals surface area contributed by atoms with Crippen molar-refractivity contribution >= 4 is 21.8 Å². The SMILES string of the molecule is COC(=O)C1=C(C)N([C@@H]2CCS(=O)(=O)C2)C(=O)N[C@H]1c1ccccc1. The number of rotatable bonds is 3.